The molecular weight excluding hydrogens is 541 g/mol. The standard InChI is InChI=1S/C27H32FN5O6S/c1-16(2)32-14-27(26(37)31(3)4,15-39-11-10-38-5)33-13-19(22(34)23(35)21(33)25(32)36)24-30-29-20(40-24)12-17-6-8-18(28)9-7-17/h6-9,13,16,35H,10-12,14-15H2,1-5H3/t27-/m1/s1. The Balaban J connectivity index is 1.87. The minimum absolute atomic E-state index is 0.0114. The quantitative estimate of drug-likeness (QED) is 0.366. The van der Waals surface area contributed by atoms with Crippen LogP contribution in [0.1, 0.15) is 34.9 Å². The third-order valence-corrected chi connectivity index (χ3v) is 7.66. The van der Waals surface area contributed by atoms with Gasteiger partial charge in [0.2, 0.25) is 5.43 Å². The van der Waals surface area contributed by atoms with Gasteiger partial charge < -0.3 is 28.9 Å². The third kappa shape index (κ3) is 5.49. The van der Waals surface area contributed by atoms with E-state index in [1.165, 1.54) is 39.8 Å². The van der Waals surface area contributed by atoms with Crippen LogP contribution in [-0.2, 0) is 26.2 Å². The van der Waals surface area contributed by atoms with E-state index in [2.05, 4.69) is 10.2 Å². The average molecular weight is 574 g/mol. The number of methoxy groups -OCH3 is 1. The molecule has 3 aromatic rings. The zero-order valence-corrected chi connectivity index (χ0v) is 23.8. The van der Waals surface area contributed by atoms with Crippen LogP contribution in [0.2, 0.25) is 0 Å². The highest BCUT2D eigenvalue weighted by atomic mass is 32.1. The van der Waals surface area contributed by atoms with Crippen LogP contribution in [0.3, 0.4) is 0 Å². The van der Waals surface area contributed by atoms with E-state index >= 15 is 0 Å². The summed E-state index contributed by atoms with van der Waals surface area (Å²) in [4.78, 5) is 43.6. The summed E-state index contributed by atoms with van der Waals surface area (Å²) in [6.45, 7) is 3.86. The fourth-order valence-corrected chi connectivity index (χ4v) is 5.52. The summed E-state index contributed by atoms with van der Waals surface area (Å²) in [5.41, 5.74) is -1.80. The maximum absolute atomic E-state index is 13.8. The minimum Gasteiger partial charge on any atom is -0.503 e. The second-order valence-corrected chi connectivity index (χ2v) is 11.1. The lowest BCUT2D eigenvalue weighted by Crippen LogP contribution is -2.64. The molecule has 1 aliphatic rings. The molecule has 0 saturated carbocycles. The van der Waals surface area contributed by atoms with Crippen molar-refractivity contribution in [1.29, 1.82) is 0 Å². The fourth-order valence-electron chi connectivity index (χ4n) is 4.64. The molecule has 0 bridgehead atoms. The van der Waals surface area contributed by atoms with Gasteiger partial charge in [0.05, 0.1) is 31.9 Å². The van der Waals surface area contributed by atoms with Gasteiger partial charge in [0, 0.05) is 39.9 Å². The highest BCUT2D eigenvalue weighted by molar-refractivity contribution is 7.14. The molecule has 13 heteroatoms. The van der Waals surface area contributed by atoms with Crippen LogP contribution < -0.4 is 5.43 Å². The van der Waals surface area contributed by atoms with Crippen molar-refractivity contribution in [3.8, 4) is 16.3 Å². The first-order chi connectivity index (χ1) is 19.0. The summed E-state index contributed by atoms with van der Waals surface area (Å²) in [7, 11) is 4.70. The van der Waals surface area contributed by atoms with E-state index in [0.29, 0.717) is 11.4 Å². The van der Waals surface area contributed by atoms with Gasteiger partial charge in [-0.05, 0) is 31.5 Å². The van der Waals surface area contributed by atoms with Gasteiger partial charge in [-0.2, -0.15) is 0 Å². The monoisotopic (exact) mass is 573 g/mol. The first-order valence-corrected chi connectivity index (χ1v) is 13.5. The van der Waals surface area contributed by atoms with Crippen LogP contribution in [0, 0.1) is 5.82 Å². The maximum Gasteiger partial charge on any atom is 0.274 e. The lowest BCUT2D eigenvalue weighted by atomic mass is 9.91. The van der Waals surface area contributed by atoms with E-state index in [0.717, 1.165) is 16.9 Å². The molecule has 1 aliphatic heterocycles. The van der Waals surface area contributed by atoms with Gasteiger partial charge in [0.1, 0.15) is 10.8 Å². The van der Waals surface area contributed by atoms with Crippen LogP contribution in [0.4, 0.5) is 4.39 Å². The van der Waals surface area contributed by atoms with E-state index in [1.54, 1.807) is 40.1 Å². The number of likely N-dealkylation sites (N-methyl/N-ethyl adjacent to an activating group) is 1. The topological polar surface area (TPSA) is 127 Å². The van der Waals surface area contributed by atoms with Crippen molar-refractivity contribution >= 4 is 23.2 Å². The highest BCUT2D eigenvalue weighted by Crippen LogP contribution is 2.36. The van der Waals surface area contributed by atoms with Crippen LogP contribution in [-0.4, -0.2) is 95.1 Å². The normalized spacial score (nSPS) is 16.9. The maximum atomic E-state index is 13.8. The predicted octanol–water partition coefficient (Wildman–Crippen LogP) is 2.11. The number of amides is 2. The molecule has 3 heterocycles. The number of nitrogens with zero attached hydrogens (tertiary/aromatic N) is 5. The Morgan fingerprint density at radius 3 is 2.52 bits per heavy atom. The van der Waals surface area contributed by atoms with Gasteiger partial charge in [-0.15, -0.1) is 10.2 Å². The number of ether oxygens (including phenoxy) is 2. The zero-order chi connectivity index (χ0) is 29.2. The number of rotatable bonds is 10. The van der Waals surface area contributed by atoms with Crippen LogP contribution in [0.25, 0.3) is 10.6 Å². The van der Waals surface area contributed by atoms with Crippen molar-refractivity contribution in [2.45, 2.75) is 31.8 Å². The number of aromatic hydroxyl groups is 1. The van der Waals surface area contributed by atoms with E-state index < -0.39 is 22.6 Å². The van der Waals surface area contributed by atoms with Gasteiger partial charge in [-0.25, -0.2) is 4.39 Å². The molecule has 214 valence electrons. The zero-order valence-electron chi connectivity index (χ0n) is 23.0. The summed E-state index contributed by atoms with van der Waals surface area (Å²) in [5, 5.41) is 20.2. The number of aromatic nitrogens is 3. The lowest BCUT2D eigenvalue weighted by molar-refractivity contribution is -0.144. The summed E-state index contributed by atoms with van der Waals surface area (Å²) in [6, 6.07) is 5.62. The van der Waals surface area contributed by atoms with Crippen LogP contribution in [0.15, 0.2) is 35.3 Å². The molecule has 0 fully saturated rings. The molecule has 0 radical (unpaired) electrons. The van der Waals surface area contributed by atoms with Gasteiger partial charge >= 0.3 is 0 Å². The number of hydrogen-bond acceptors (Lipinski definition) is 9. The van der Waals surface area contributed by atoms with Crippen molar-refractivity contribution in [2.24, 2.45) is 0 Å². The number of carbonyl (C=O) groups is 2. The largest absolute Gasteiger partial charge is 0.503 e. The van der Waals surface area contributed by atoms with E-state index in [9.17, 15) is 23.9 Å². The van der Waals surface area contributed by atoms with E-state index in [-0.39, 0.29) is 60.4 Å². The SMILES string of the molecule is COCCOC[C@@]1(C(=O)N(C)C)CN(C(C)C)C(=O)c2c(O)c(=O)c(-c3nnc(Cc4ccc(F)cc4)s3)cn21. The summed E-state index contributed by atoms with van der Waals surface area (Å²) in [5.74, 6) is -2.10. The predicted molar refractivity (Wildman–Crippen MR) is 146 cm³/mol. The fraction of sp³-hybridized carbons (Fsp3) is 0.444. The first-order valence-electron chi connectivity index (χ1n) is 12.7. The first kappa shape index (κ1) is 29.3. The van der Waals surface area contributed by atoms with Gasteiger partial charge in [0.25, 0.3) is 11.8 Å². The van der Waals surface area contributed by atoms with Gasteiger partial charge in [0.15, 0.2) is 22.0 Å². The molecule has 2 amide bonds. The molecule has 11 nitrogen and oxygen atoms in total. The molecule has 1 N–H and O–H groups in total. The third-order valence-electron chi connectivity index (χ3n) is 6.71. The Kier molecular flexibility index (Phi) is 8.66. The number of hydrogen-bond donors (Lipinski definition) is 1. The Morgan fingerprint density at radius 2 is 1.90 bits per heavy atom. The number of halogens is 1. The van der Waals surface area contributed by atoms with Gasteiger partial charge in [-0.3, -0.25) is 14.4 Å². The van der Waals surface area contributed by atoms with Crippen molar-refractivity contribution in [3.63, 3.8) is 0 Å². The lowest BCUT2D eigenvalue weighted by Gasteiger charge is -2.46. The van der Waals surface area contributed by atoms with Crippen molar-refractivity contribution in [3.05, 3.63) is 62.8 Å². The van der Waals surface area contributed by atoms with Crippen molar-refractivity contribution in [2.75, 3.05) is 47.6 Å². The average Bonchev–Trinajstić information content (AvgIpc) is 3.38. The second-order valence-electron chi connectivity index (χ2n) is 10.0. The number of carbonyl (C=O) groups excluding carboxylic acids is 2. The molecule has 0 saturated heterocycles. The Labute approximate surface area is 234 Å². The Hall–Kier alpha value is -3.68. The van der Waals surface area contributed by atoms with Gasteiger partial charge in [-0.1, -0.05) is 23.5 Å². The number of pyridine rings is 1. The van der Waals surface area contributed by atoms with E-state index in [1.807, 2.05) is 0 Å². The molecule has 4 rings (SSSR count). The molecule has 0 spiro atoms. The molecule has 0 aliphatic carbocycles. The second kappa shape index (κ2) is 11.8. The summed E-state index contributed by atoms with van der Waals surface area (Å²) < 4.78 is 25.6. The molecular formula is C27H32FN5O6S. The van der Waals surface area contributed by atoms with Crippen LogP contribution in [0.5, 0.6) is 5.75 Å². The molecule has 1 aromatic carbocycles. The summed E-state index contributed by atoms with van der Waals surface area (Å²) >= 11 is 1.13. The van der Waals surface area contributed by atoms with Crippen molar-refractivity contribution in [1.82, 2.24) is 24.6 Å². The molecule has 2 aromatic heterocycles. The minimum atomic E-state index is -1.49. The highest BCUT2D eigenvalue weighted by Gasteiger charge is 2.51. The Morgan fingerprint density at radius 1 is 1.20 bits per heavy atom. The smallest absolute Gasteiger partial charge is 0.274 e. The summed E-state index contributed by atoms with van der Waals surface area (Å²) in [6.07, 6.45) is 1.74. The van der Waals surface area contributed by atoms with E-state index in [4.69, 9.17) is 9.47 Å². The van der Waals surface area contributed by atoms with Crippen molar-refractivity contribution < 1.29 is 28.6 Å². The Bertz CT molecular complexity index is 1450. The molecule has 40 heavy (non-hydrogen) atoms. The van der Waals surface area contributed by atoms with Crippen LogP contribution >= 0.6 is 11.3 Å². The molecule has 1 atom stereocenters. The number of benzene rings is 1. The molecule has 0 unspecified atom stereocenters. The number of fused-ring (bicyclic) bond motifs is 1.